The summed E-state index contributed by atoms with van der Waals surface area (Å²) in [7, 11) is 0. The fraction of sp³-hybridized carbons (Fsp3) is 0.692. The van der Waals surface area contributed by atoms with E-state index in [9.17, 15) is 9.90 Å². The summed E-state index contributed by atoms with van der Waals surface area (Å²) in [5, 5.41) is 17.2. The van der Waals surface area contributed by atoms with Crippen LogP contribution in [-0.2, 0) is 6.54 Å². The first-order chi connectivity index (χ1) is 9.04. The van der Waals surface area contributed by atoms with Crippen LogP contribution < -0.4 is 10.9 Å². The van der Waals surface area contributed by atoms with Crippen LogP contribution in [0.4, 0.5) is 5.69 Å². The highest BCUT2D eigenvalue weighted by molar-refractivity contribution is 9.10. The molecule has 0 radical (unpaired) electrons. The SMILES string of the molecule is CCC(CC)C(O)CNc1cnn(CC)c(=O)c1Br. The molecule has 0 aliphatic rings. The van der Waals surface area contributed by atoms with Gasteiger partial charge in [0.25, 0.3) is 5.56 Å². The van der Waals surface area contributed by atoms with Gasteiger partial charge in [-0.1, -0.05) is 26.7 Å². The van der Waals surface area contributed by atoms with Crippen molar-refractivity contribution in [3.63, 3.8) is 0 Å². The molecular formula is C13H22BrN3O2. The van der Waals surface area contributed by atoms with Gasteiger partial charge in [-0.3, -0.25) is 4.79 Å². The summed E-state index contributed by atoms with van der Waals surface area (Å²) in [5.41, 5.74) is 0.462. The van der Waals surface area contributed by atoms with E-state index in [0.29, 0.717) is 23.2 Å². The molecule has 1 unspecified atom stereocenters. The predicted molar refractivity (Wildman–Crippen MR) is 80.4 cm³/mol. The van der Waals surface area contributed by atoms with E-state index in [1.165, 1.54) is 4.68 Å². The van der Waals surface area contributed by atoms with Gasteiger partial charge < -0.3 is 10.4 Å². The standard InChI is InChI=1S/C13H22BrN3O2/c1-4-9(5-2)11(18)8-15-10-7-16-17(6-3)13(19)12(10)14/h7,9,11,15,18H,4-6,8H2,1-3H3. The normalized spacial score (nSPS) is 12.7. The second-order valence-corrected chi connectivity index (χ2v) is 5.31. The van der Waals surface area contributed by atoms with Crippen LogP contribution in [0.2, 0.25) is 0 Å². The molecule has 1 atom stereocenters. The summed E-state index contributed by atoms with van der Waals surface area (Å²) in [4.78, 5) is 11.9. The summed E-state index contributed by atoms with van der Waals surface area (Å²) in [5.74, 6) is 0.273. The van der Waals surface area contributed by atoms with Crippen LogP contribution in [0.15, 0.2) is 15.5 Å². The number of rotatable bonds is 7. The average Bonchev–Trinajstić information content (AvgIpc) is 2.42. The number of hydrogen-bond donors (Lipinski definition) is 2. The Labute approximate surface area is 122 Å². The number of halogens is 1. The lowest BCUT2D eigenvalue weighted by molar-refractivity contribution is 0.114. The van der Waals surface area contributed by atoms with Crippen LogP contribution in [0.5, 0.6) is 0 Å². The third-order valence-electron chi connectivity index (χ3n) is 3.38. The lowest BCUT2D eigenvalue weighted by Crippen LogP contribution is -2.29. The Bertz CT molecular complexity index is 458. The van der Waals surface area contributed by atoms with Crippen LogP contribution in [0, 0.1) is 5.92 Å². The van der Waals surface area contributed by atoms with Gasteiger partial charge in [0.15, 0.2) is 0 Å². The van der Waals surface area contributed by atoms with E-state index in [1.54, 1.807) is 6.20 Å². The summed E-state index contributed by atoms with van der Waals surface area (Å²) in [6.45, 7) is 6.95. The fourth-order valence-corrected chi connectivity index (χ4v) is 2.47. The van der Waals surface area contributed by atoms with Crippen LogP contribution in [-0.4, -0.2) is 27.5 Å². The maximum atomic E-state index is 11.9. The Morgan fingerprint density at radius 2 is 2.05 bits per heavy atom. The van der Waals surface area contributed by atoms with Crippen molar-refractivity contribution in [2.75, 3.05) is 11.9 Å². The summed E-state index contributed by atoms with van der Waals surface area (Å²) in [6.07, 6.45) is 3.07. The average molecular weight is 332 g/mol. The quantitative estimate of drug-likeness (QED) is 0.804. The predicted octanol–water partition coefficient (Wildman–Crippen LogP) is 2.23. The van der Waals surface area contributed by atoms with Crippen LogP contribution in [0.25, 0.3) is 0 Å². The zero-order valence-electron chi connectivity index (χ0n) is 11.7. The molecule has 1 rings (SSSR count). The van der Waals surface area contributed by atoms with E-state index in [0.717, 1.165) is 12.8 Å². The van der Waals surface area contributed by atoms with Gasteiger partial charge >= 0.3 is 0 Å². The minimum atomic E-state index is -0.421. The molecule has 108 valence electrons. The molecule has 19 heavy (non-hydrogen) atoms. The van der Waals surface area contributed by atoms with Gasteiger partial charge in [-0.25, -0.2) is 4.68 Å². The van der Waals surface area contributed by atoms with Gasteiger partial charge in [0.1, 0.15) is 4.47 Å². The number of anilines is 1. The van der Waals surface area contributed by atoms with Crippen molar-refractivity contribution < 1.29 is 5.11 Å². The molecule has 2 N–H and O–H groups in total. The van der Waals surface area contributed by atoms with Crippen molar-refractivity contribution in [1.82, 2.24) is 9.78 Å². The second kappa shape index (κ2) is 7.65. The highest BCUT2D eigenvalue weighted by Gasteiger charge is 2.16. The Morgan fingerprint density at radius 1 is 1.42 bits per heavy atom. The molecule has 0 amide bonds. The van der Waals surface area contributed by atoms with Gasteiger partial charge in [0.2, 0.25) is 0 Å². The Hall–Kier alpha value is -0.880. The van der Waals surface area contributed by atoms with Crippen molar-refractivity contribution in [2.24, 2.45) is 5.92 Å². The van der Waals surface area contributed by atoms with E-state index in [4.69, 9.17) is 0 Å². The van der Waals surface area contributed by atoms with E-state index >= 15 is 0 Å². The molecule has 6 heteroatoms. The van der Waals surface area contributed by atoms with Crippen molar-refractivity contribution in [3.8, 4) is 0 Å². The van der Waals surface area contributed by atoms with Gasteiger partial charge in [-0.05, 0) is 28.8 Å². The van der Waals surface area contributed by atoms with E-state index in [-0.39, 0.29) is 11.5 Å². The molecule has 1 aromatic heterocycles. The zero-order chi connectivity index (χ0) is 14.4. The number of hydrogen-bond acceptors (Lipinski definition) is 4. The first-order valence-corrected chi connectivity index (χ1v) is 7.51. The van der Waals surface area contributed by atoms with Gasteiger partial charge in [-0.15, -0.1) is 0 Å². The third kappa shape index (κ3) is 4.04. The molecule has 0 spiro atoms. The molecule has 0 saturated heterocycles. The molecule has 5 nitrogen and oxygen atoms in total. The number of aliphatic hydroxyl groups is 1. The molecule has 0 bridgehead atoms. The van der Waals surface area contributed by atoms with Crippen LogP contribution in [0.1, 0.15) is 33.6 Å². The lowest BCUT2D eigenvalue weighted by Gasteiger charge is -2.21. The molecule has 0 aliphatic heterocycles. The number of nitrogens with one attached hydrogen (secondary N) is 1. The van der Waals surface area contributed by atoms with Crippen LogP contribution >= 0.6 is 15.9 Å². The largest absolute Gasteiger partial charge is 0.391 e. The maximum absolute atomic E-state index is 11.9. The lowest BCUT2D eigenvalue weighted by atomic mass is 9.96. The van der Waals surface area contributed by atoms with E-state index in [2.05, 4.69) is 40.2 Å². The number of aromatic nitrogens is 2. The van der Waals surface area contributed by atoms with Crippen LogP contribution in [0.3, 0.4) is 0 Å². The molecule has 1 aromatic rings. The smallest absolute Gasteiger partial charge is 0.283 e. The van der Waals surface area contributed by atoms with Gasteiger partial charge in [0, 0.05) is 13.1 Å². The fourth-order valence-electron chi connectivity index (χ4n) is 2.03. The van der Waals surface area contributed by atoms with E-state index in [1.807, 2.05) is 6.92 Å². The summed E-state index contributed by atoms with van der Waals surface area (Å²) < 4.78 is 1.84. The van der Waals surface area contributed by atoms with Gasteiger partial charge in [-0.2, -0.15) is 5.10 Å². The second-order valence-electron chi connectivity index (χ2n) is 4.52. The maximum Gasteiger partial charge on any atom is 0.283 e. The first-order valence-electron chi connectivity index (χ1n) is 6.72. The number of aryl methyl sites for hydroxylation is 1. The molecule has 1 heterocycles. The molecule has 0 saturated carbocycles. The summed E-state index contributed by atoms with van der Waals surface area (Å²) >= 11 is 3.28. The Balaban J connectivity index is 2.74. The minimum Gasteiger partial charge on any atom is -0.391 e. The topological polar surface area (TPSA) is 67.2 Å². The van der Waals surface area contributed by atoms with Gasteiger partial charge in [0.05, 0.1) is 18.0 Å². The number of nitrogens with zero attached hydrogens (tertiary/aromatic N) is 2. The van der Waals surface area contributed by atoms with Crippen molar-refractivity contribution in [1.29, 1.82) is 0 Å². The zero-order valence-corrected chi connectivity index (χ0v) is 13.3. The van der Waals surface area contributed by atoms with Crippen molar-refractivity contribution in [2.45, 2.75) is 46.3 Å². The monoisotopic (exact) mass is 331 g/mol. The Morgan fingerprint density at radius 3 is 2.58 bits per heavy atom. The van der Waals surface area contributed by atoms with Crippen molar-refractivity contribution in [3.05, 3.63) is 21.0 Å². The van der Waals surface area contributed by atoms with E-state index < -0.39 is 6.10 Å². The Kier molecular flexibility index (Phi) is 6.51. The highest BCUT2D eigenvalue weighted by atomic mass is 79.9. The molecule has 0 aromatic carbocycles. The molecular weight excluding hydrogens is 310 g/mol. The highest BCUT2D eigenvalue weighted by Crippen LogP contribution is 2.18. The minimum absolute atomic E-state index is 0.162. The number of aliphatic hydroxyl groups excluding tert-OH is 1. The third-order valence-corrected chi connectivity index (χ3v) is 4.15. The molecule has 0 aliphatic carbocycles. The van der Waals surface area contributed by atoms with Crippen molar-refractivity contribution >= 4 is 21.6 Å². The molecule has 0 fully saturated rings. The summed E-state index contributed by atoms with van der Waals surface area (Å²) in [6, 6.07) is 0. The first kappa shape index (κ1) is 16.2.